The second-order valence-corrected chi connectivity index (χ2v) is 8.53. The first-order valence-corrected chi connectivity index (χ1v) is 11.1. The van der Waals surface area contributed by atoms with Gasteiger partial charge in [-0.05, 0) is 55.2 Å². The average molecular weight is 480 g/mol. The van der Waals surface area contributed by atoms with Crippen LogP contribution in [0.1, 0.15) is 40.5 Å². The molecular formula is C26H23F3N4O2. The van der Waals surface area contributed by atoms with Gasteiger partial charge in [0.25, 0.3) is 11.5 Å². The van der Waals surface area contributed by atoms with Gasteiger partial charge >= 0.3 is 0 Å². The van der Waals surface area contributed by atoms with Gasteiger partial charge in [0.05, 0.1) is 23.0 Å². The first-order chi connectivity index (χ1) is 16.8. The molecule has 1 amide bonds. The predicted octanol–water partition coefficient (Wildman–Crippen LogP) is 4.71. The number of benzene rings is 2. The van der Waals surface area contributed by atoms with Crippen LogP contribution in [0.4, 0.5) is 24.5 Å². The van der Waals surface area contributed by atoms with Gasteiger partial charge in [0, 0.05) is 38.0 Å². The summed E-state index contributed by atoms with van der Waals surface area (Å²) in [6, 6.07) is 12.8. The van der Waals surface area contributed by atoms with E-state index < -0.39 is 35.2 Å². The number of nitrogens with zero attached hydrogens (tertiary/aromatic N) is 3. The lowest BCUT2D eigenvalue weighted by Gasteiger charge is -2.36. The van der Waals surface area contributed by atoms with Gasteiger partial charge in [-0.3, -0.25) is 9.59 Å². The third-order valence-electron chi connectivity index (χ3n) is 6.30. The Morgan fingerprint density at radius 3 is 2.57 bits per heavy atom. The highest BCUT2D eigenvalue weighted by Crippen LogP contribution is 2.38. The van der Waals surface area contributed by atoms with Crippen LogP contribution in [-0.4, -0.2) is 23.6 Å². The lowest BCUT2D eigenvalue weighted by molar-refractivity contribution is 0.102. The standard InChI is InChI=1S/C26H23F3N4O2/c1-32-10-2-3-20(26(32)35)25(34)31-22-13-16(15-30)4-7-23(22)33-11-8-17(9-12-33)24(29)19-6-5-18(27)14-21(19)28/h2-7,10,13-14,17,24H,8-9,11-12H2,1H3,(H,31,34). The number of alkyl halides is 1. The second-order valence-electron chi connectivity index (χ2n) is 8.53. The highest BCUT2D eigenvalue weighted by molar-refractivity contribution is 6.05. The molecule has 0 radical (unpaired) electrons. The SMILES string of the molecule is Cn1cccc(C(=O)Nc2cc(C#N)ccc2N2CCC(C(F)c3ccc(F)cc3F)CC2)c1=O. The Kier molecular flexibility index (Phi) is 6.92. The zero-order valence-electron chi connectivity index (χ0n) is 19.0. The van der Waals surface area contributed by atoms with Crippen LogP contribution in [-0.2, 0) is 7.05 Å². The van der Waals surface area contributed by atoms with Crippen LogP contribution in [0.15, 0.2) is 59.5 Å². The Hall–Kier alpha value is -4.06. The molecule has 3 aromatic rings. The van der Waals surface area contributed by atoms with Gasteiger partial charge in [-0.1, -0.05) is 6.07 Å². The maximum atomic E-state index is 15.0. The summed E-state index contributed by atoms with van der Waals surface area (Å²) in [6.07, 6.45) is 0.794. The summed E-state index contributed by atoms with van der Waals surface area (Å²) in [7, 11) is 1.54. The summed E-state index contributed by atoms with van der Waals surface area (Å²) in [6.45, 7) is 0.853. The van der Waals surface area contributed by atoms with Crippen LogP contribution in [0.25, 0.3) is 0 Å². The lowest BCUT2D eigenvalue weighted by atomic mass is 9.88. The highest BCUT2D eigenvalue weighted by atomic mass is 19.1. The molecule has 1 N–H and O–H groups in total. The molecule has 0 aliphatic carbocycles. The number of carbonyl (C=O) groups is 1. The molecular weight excluding hydrogens is 457 g/mol. The molecule has 35 heavy (non-hydrogen) atoms. The maximum absolute atomic E-state index is 15.0. The van der Waals surface area contributed by atoms with E-state index in [2.05, 4.69) is 5.32 Å². The second kappa shape index (κ2) is 10.1. The maximum Gasteiger partial charge on any atom is 0.263 e. The van der Waals surface area contributed by atoms with Crippen molar-refractivity contribution in [2.75, 3.05) is 23.3 Å². The van der Waals surface area contributed by atoms with E-state index in [1.165, 1.54) is 16.7 Å². The smallest absolute Gasteiger partial charge is 0.263 e. The highest BCUT2D eigenvalue weighted by Gasteiger charge is 2.30. The van der Waals surface area contributed by atoms with Crippen LogP contribution in [0, 0.1) is 28.9 Å². The monoisotopic (exact) mass is 480 g/mol. The summed E-state index contributed by atoms with van der Waals surface area (Å²) in [4.78, 5) is 27.1. The van der Waals surface area contributed by atoms with Gasteiger partial charge < -0.3 is 14.8 Å². The molecule has 0 spiro atoms. The normalized spacial score (nSPS) is 14.9. The Morgan fingerprint density at radius 1 is 1.14 bits per heavy atom. The third kappa shape index (κ3) is 5.06. The van der Waals surface area contributed by atoms with E-state index >= 15 is 4.39 Å². The third-order valence-corrected chi connectivity index (χ3v) is 6.30. The number of halogens is 3. The van der Waals surface area contributed by atoms with E-state index in [-0.39, 0.29) is 11.1 Å². The number of rotatable bonds is 5. The Labute approximate surface area is 200 Å². The van der Waals surface area contributed by atoms with Crippen LogP contribution < -0.4 is 15.8 Å². The number of nitrogens with one attached hydrogen (secondary N) is 1. The molecule has 9 heteroatoms. The number of amides is 1. The minimum atomic E-state index is -1.56. The van der Waals surface area contributed by atoms with E-state index in [0.717, 1.165) is 12.1 Å². The molecule has 0 bridgehead atoms. The van der Waals surface area contributed by atoms with Crippen molar-refractivity contribution in [2.24, 2.45) is 13.0 Å². The van der Waals surface area contributed by atoms with Crippen LogP contribution in [0.3, 0.4) is 0 Å². The number of carbonyl (C=O) groups excluding carboxylic acids is 1. The molecule has 6 nitrogen and oxygen atoms in total. The van der Waals surface area contributed by atoms with Gasteiger partial charge in [-0.25, -0.2) is 13.2 Å². The zero-order chi connectivity index (χ0) is 25.1. The quantitative estimate of drug-likeness (QED) is 0.574. The molecule has 2 aromatic carbocycles. The number of piperidine rings is 1. The number of pyridine rings is 1. The number of hydrogen-bond donors (Lipinski definition) is 1. The Bertz CT molecular complexity index is 1360. The van der Waals surface area contributed by atoms with Gasteiger partial charge in [0.2, 0.25) is 0 Å². The molecule has 1 aromatic heterocycles. The fourth-order valence-electron chi connectivity index (χ4n) is 4.35. The van der Waals surface area contributed by atoms with Gasteiger partial charge in [0.15, 0.2) is 0 Å². The van der Waals surface area contributed by atoms with Crippen molar-refractivity contribution in [1.29, 1.82) is 5.26 Å². The van der Waals surface area contributed by atoms with E-state index in [1.807, 2.05) is 11.0 Å². The first-order valence-electron chi connectivity index (χ1n) is 11.1. The molecule has 180 valence electrons. The van der Waals surface area contributed by atoms with Crippen LogP contribution in [0.2, 0.25) is 0 Å². The van der Waals surface area contributed by atoms with Crippen molar-refractivity contribution in [3.8, 4) is 6.07 Å². The van der Waals surface area contributed by atoms with Crippen molar-refractivity contribution >= 4 is 17.3 Å². The largest absolute Gasteiger partial charge is 0.370 e. The van der Waals surface area contributed by atoms with Crippen molar-refractivity contribution < 1.29 is 18.0 Å². The van der Waals surface area contributed by atoms with Gasteiger partial charge in [-0.15, -0.1) is 0 Å². The Morgan fingerprint density at radius 2 is 1.89 bits per heavy atom. The van der Waals surface area contributed by atoms with Gasteiger partial charge in [-0.2, -0.15) is 5.26 Å². The predicted molar refractivity (Wildman–Crippen MR) is 126 cm³/mol. The molecule has 1 aliphatic rings. The van der Waals surface area contributed by atoms with Gasteiger partial charge in [0.1, 0.15) is 23.4 Å². The fraction of sp³-hybridized carbons (Fsp3) is 0.269. The molecule has 1 atom stereocenters. The van der Waals surface area contributed by atoms with Crippen LogP contribution in [0.5, 0.6) is 0 Å². The minimum Gasteiger partial charge on any atom is -0.370 e. The molecule has 1 aliphatic heterocycles. The van der Waals surface area contributed by atoms with E-state index in [0.29, 0.717) is 48.9 Å². The van der Waals surface area contributed by atoms with E-state index in [4.69, 9.17) is 0 Å². The summed E-state index contributed by atoms with van der Waals surface area (Å²) in [5.74, 6) is -2.70. The number of aromatic nitrogens is 1. The Balaban J connectivity index is 1.53. The van der Waals surface area contributed by atoms with E-state index in [9.17, 15) is 23.6 Å². The minimum absolute atomic E-state index is 0.0383. The molecule has 1 saturated heterocycles. The van der Waals surface area contributed by atoms with Crippen molar-refractivity contribution in [2.45, 2.75) is 19.0 Å². The van der Waals surface area contributed by atoms with Crippen LogP contribution >= 0.6 is 0 Å². The summed E-state index contributed by atoms with van der Waals surface area (Å²) in [5.41, 5.74) is 0.678. The molecule has 0 saturated carbocycles. The summed E-state index contributed by atoms with van der Waals surface area (Å²) >= 11 is 0. The van der Waals surface area contributed by atoms with Crippen molar-refractivity contribution in [3.05, 3.63) is 93.4 Å². The van der Waals surface area contributed by atoms with Crippen molar-refractivity contribution in [1.82, 2.24) is 4.57 Å². The molecule has 1 unspecified atom stereocenters. The molecule has 4 rings (SSSR count). The first kappa shape index (κ1) is 24.1. The number of aryl methyl sites for hydroxylation is 1. The number of hydrogen-bond acceptors (Lipinski definition) is 4. The number of nitriles is 1. The summed E-state index contributed by atoms with van der Waals surface area (Å²) < 4.78 is 43.6. The molecule has 1 fully saturated rings. The fourth-order valence-corrected chi connectivity index (χ4v) is 4.35. The lowest BCUT2D eigenvalue weighted by Crippen LogP contribution is -2.36. The number of anilines is 2. The zero-order valence-corrected chi connectivity index (χ0v) is 19.0. The molecule has 2 heterocycles. The average Bonchev–Trinajstić information content (AvgIpc) is 2.85. The van der Waals surface area contributed by atoms with Crippen molar-refractivity contribution in [3.63, 3.8) is 0 Å². The van der Waals surface area contributed by atoms with E-state index in [1.54, 1.807) is 31.4 Å². The summed E-state index contributed by atoms with van der Waals surface area (Å²) in [5, 5.41) is 12.0. The topological polar surface area (TPSA) is 78.1 Å².